The number of halogens is 1. The van der Waals surface area contributed by atoms with Crippen molar-refractivity contribution in [1.82, 2.24) is 0 Å². The third kappa shape index (κ3) is 2.44. The monoisotopic (exact) mass is 236 g/mol. The third-order valence-electron chi connectivity index (χ3n) is 3.69. The fourth-order valence-corrected chi connectivity index (χ4v) is 2.60. The molecule has 1 fully saturated rings. The first-order chi connectivity index (χ1) is 8.13. The molecular weight excluding hydrogens is 215 g/mol. The Balaban J connectivity index is 2.31. The maximum absolute atomic E-state index is 14.0. The molecule has 0 aromatic heterocycles. The maximum atomic E-state index is 14.0. The van der Waals surface area contributed by atoms with Crippen LogP contribution in [0.3, 0.4) is 0 Å². The molecule has 1 heterocycles. The number of rotatable bonds is 3. The van der Waals surface area contributed by atoms with Crippen molar-refractivity contribution in [2.75, 3.05) is 18.0 Å². The first-order valence-electron chi connectivity index (χ1n) is 6.42. The van der Waals surface area contributed by atoms with E-state index in [0.717, 1.165) is 30.8 Å². The molecule has 0 spiro atoms. The summed E-state index contributed by atoms with van der Waals surface area (Å²) in [4.78, 5) is 2.15. The Bertz CT molecular complexity index is 390. The molecule has 0 radical (unpaired) electrons. The molecule has 2 rings (SSSR count). The van der Waals surface area contributed by atoms with Gasteiger partial charge in [-0.1, -0.05) is 25.5 Å². The normalized spacial score (nSPS) is 21.9. The topological polar surface area (TPSA) is 29.3 Å². The van der Waals surface area contributed by atoms with Crippen molar-refractivity contribution in [3.8, 4) is 0 Å². The average Bonchev–Trinajstić information content (AvgIpc) is 2.76. The summed E-state index contributed by atoms with van der Waals surface area (Å²) in [6.45, 7) is 6.00. The van der Waals surface area contributed by atoms with Crippen molar-refractivity contribution in [1.29, 1.82) is 0 Å². The molecule has 1 aromatic rings. The Labute approximate surface area is 103 Å². The Morgan fingerprint density at radius 3 is 2.88 bits per heavy atom. The van der Waals surface area contributed by atoms with Crippen LogP contribution in [-0.4, -0.2) is 13.1 Å². The van der Waals surface area contributed by atoms with Gasteiger partial charge in [0.1, 0.15) is 5.82 Å². The summed E-state index contributed by atoms with van der Waals surface area (Å²) in [6, 6.07) is 5.08. The molecule has 0 amide bonds. The van der Waals surface area contributed by atoms with E-state index in [2.05, 4.69) is 11.8 Å². The predicted octanol–water partition coefficient (Wildman–Crippen LogP) is 3.08. The van der Waals surface area contributed by atoms with E-state index in [1.54, 1.807) is 6.07 Å². The summed E-state index contributed by atoms with van der Waals surface area (Å²) in [5, 5.41) is 0. The van der Waals surface area contributed by atoms with Gasteiger partial charge in [-0.25, -0.2) is 4.39 Å². The zero-order valence-corrected chi connectivity index (χ0v) is 10.6. The second-order valence-corrected chi connectivity index (χ2v) is 4.98. The third-order valence-corrected chi connectivity index (χ3v) is 3.69. The van der Waals surface area contributed by atoms with Crippen molar-refractivity contribution in [2.45, 2.75) is 32.7 Å². The lowest BCUT2D eigenvalue weighted by molar-refractivity contribution is 0.566. The molecule has 0 aliphatic carbocycles. The molecule has 1 aliphatic heterocycles. The van der Waals surface area contributed by atoms with Crippen molar-refractivity contribution < 1.29 is 4.39 Å². The fourth-order valence-electron chi connectivity index (χ4n) is 2.60. The van der Waals surface area contributed by atoms with Gasteiger partial charge >= 0.3 is 0 Å². The van der Waals surface area contributed by atoms with Gasteiger partial charge in [0.05, 0.1) is 5.69 Å². The van der Waals surface area contributed by atoms with Gasteiger partial charge in [-0.3, -0.25) is 0 Å². The highest BCUT2D eigenvalue weighted by Crippen LogP contribution is 2.33. The van der Waals surface area contributed by atoms with E-state index in [4.69, 9.17) is 5.73 Å². The highest BCUT2D eigenvalue weighted by atomic mass is 19.1. The number of hydrogen-bond donors (Lipinski definition) is 1. The van der Waals surface area contributed by atoms with Gasteiger partial charge in [0, 0.05) is 19.1 Å². The number of hydrogen-bond acceptors (Lipinski definition) is 2. The lowest BCUT2D eigenvalue weighted by Gasteiger charge is -2.24. The zero-order valence-electron chi connectivity index (χ0n) is 10.6. The van der Waals surface area contributed by atoms with Crippen LogP contribution in [0.25, 0.3) is 0 Å². The molecule has 1 aromatic carbocycles. The van der Waals surface area contributed by atoms with E-state index in [1.165, 1.54) is 12.5 Å². The van der Waals surface area contributed by atoms with Crippen LogP contribution in [0, 0.1) is 11.7 Å². The summed E-state index contributed by atoms with van der Waals surface area (Å²) in [5.41, 5.74) is 7.56. The second-order valence-electron chi connectivity index (χ2n) is 4.98. The van der Waals surface area contributed by atoms with E-state index in [0.29, 0.717) is 5.92 Å². The van der Waals surface area contributed by atoms with Crippen LogP contribution in [0.2, 0.25) is 0 Å². The maximum Gasteiger partial charge on any atom is 0.146 e. The zero-order chi connectivity index (χ0) is 12.4. The molecule has 2 nitrogen and oxygen atoms in total. The van der Waals surface area contributed by atoms with Crippen LogP contribution in [0.1, 0.15) is 38.3 Å². The number of para-hydroxylation sites is 1. The first kappa shape index (κ1) is 12.4. The Morgan fingerprint density at radius 2 is 2.29 bits per heavy atom. The summed E-state index contributed by atoms with van der Waals surface area (Å²) in [7, 11) is 0. The van der Waals surface area contributed by atoms with Crippen LogP contribution < -0.4 is 10.6 Å². The van der Waals surface area contributed by atoms with E-state index >= 15 is 0 Å². The van der Waals surface area contributed by atoms with E-state index in [1.807, 2.05) is 13.0 Å². The summed E-state index contributed by atoms with van der Waals surface area (Å²) < 4.78 is 14.0. The summed E-state index contributed by atoms with van der Waals surface area (Å²) in [5.74, 6) is 0.548. The molecule has 17 heavy (non-hydrogen) atoms. The van der Waals surface area contributed by atoms with Gasteiger partial charge in [0.2, 0.25) is 0 Å². The highest BCUT2D eigenvalue weighted by Gasteiger charge is 2.25. The van der Waals surface area contributed by atoms with Gasteiger partial charge in [-0.2, -0.15) is 0 Å². The van der Waals surface area contributed by atoms with Gasteiger partial charge in [0.25, 0.3) is 0 Å². The molecular formula is C14H21FN2. The Hall–Kier alpha value is -1.09. The van der Waals surface area contributed by atoms with Crippen LogP contribution in [0.4, 0.5) is 10.1 Å². The Morgan fingerprint density at radius 1 is 1.53 bits per heavy atom. The molecule has 0 bridgehead atoms. The molecule has 3 heteroatoms. The second kappa shape index (κ2) is 5.05. The van der Waals surface area contributed by atoms with Gasteiger partial charge < -0.3 is 10.6 Å². The van der Waals surface area contributed by atoms with E-state index in [-0.39, 0.29) is 11.9 Å². The smallest absolute Gasteiger partial charge is 0.146 e. The fraction of sp³-hybridized carbons (Fsp3) is 0.571. The van der Waals surface area contributed by atoms with Crippen LogP contribution in [-0.2, 0) is 0 Å². The largest absolute Gasteiger partial charge is 0.369 e. The molecule has 0 saturated carbocycles. The summed E-state index contributed by atoms with van der Waals surface area (Å²) in [6.07, 6.45) is 2.32. The minimum absolute atomic E-state index is 0.124. The minimum Gasteiger partial charge on any atom is -0.369 e. The standard InChI is InChI=1S/C14H21FN2/c1-3-11-7-8-17(9-11)14-12(10(2)16)5-4-6-13(14)15/h4-6,10-11H,3,7-9,16H2,1-2H3. The van der Waals surface area contributed by atoms with Gasteiger partial charge in [-0.15, -0.1) is 0 Å². The van der Waals surface area contributed by atoms with Crippen molar-refractivity contribution in [3.05, 3.63) is 29.6 Å². The highest BCUT2D eigenvalue weighted by molar-refractivity contribution is 5.56. The number of benzene rings is 1. The number of anilines is 1. The van der Waals surface area contributed by atoms with Crippen LogP contribution in [0.15, 0.2) is 18.2 Å². The molecule has 1 aliphatic rings. The SMILES string of the molecule is CCC1CCN(c2c(F)cccc2C(C)N)C1. The van der Waals surface area contributed by atoms with Crippen molar-refractivity contribution in [3.63, 3.8) is 0 Å². The van der Waals surface area contributed by atoms with E-state index < -0.39 is 0 Å². The molecule has 2 atom stereocenters. The lowest BCUT2D eigenvalue weighted by atomic mass is 10.0. The quantitative estimate of drug-likeness (QED) is 0.874. The van der Waals surface area contributed by atoms with Crippen LogP contribution >= 0.6 is 0 Å². The lowest BCUT2D eigenvalue weighted by Crippen LogP contribution is -2.24. The minimum atomic E-state index is -0.142. The predicted molar refractivity (Wildman–Crippen MR) is 69.6 cm³/mol. The average molecular weight is 236 g/mol. The summed E-state index contributed by atoms with van der Waals surface area (Å²) >= 11 is 0. The van der Waals surface area contributed by atoms with Gasteiger partial charge in [0.15, 0.2) is 0 Å². The molecule has 1 saturated heterocycles. The Kier molecular flexibility index (Phi) is 3.67. The molecule has 2 unspecified atom stereocenters. The molecule has 94 valence electrons. The number of nitrogens with zero attached hydrogens (tertiary/aromatic N) is 1. The number of nitrogens with two attached hydrogens (primary N) is 1. The first-order valence-corrected chi connectivity index (χ1v) is 6.42. The van der Waals surface area contributed by atoms with Crippen molar-refractivity contribution >= 4 is 5.69 Å². The van der Waals surface area contributed by atoms with E-state index in [9.17, 15) is 4.39 Å². The van der Waals surface area contributed by atoms with Crippen LogP contribution in [0.5, 0.6) is 0 Å². The molecule has 2 N–H and O–H groups in total. The van der Waals surface area contributed by atoms with Crippen molar-refractivity contribution in [2.24, 2.45) is 11.7 Å². The van der Waals surface area contributed by atoms with Gasteiger partial charge in [-0.05, 0) is 30.9 Å².